The second kappa shape index (κ2) is 6.73. The quantitative estimate of drug-likeness (QED) is 0.915. The van der Waals surface area contributed by atoms with Gasteiger partial charge in [0.2, 0.25) is 5.91 Å². The van der Waals surface area contributed by atoms with Crippen molar-refractivity contribution in [1.82, 2.24) is 0 Å². The van der Waals surface area contributed by atoms with Gasteiger partial charge in [-0.25, -0.2) is 0 Å². The van der Waals surface area contributed by atoms with Crippen molar-refractivity contribution >= 4 is 11.6 Å². The van der Waals surface area contributed by atoms with Crippen LogP contribution in [0.5, 0.6) is 5.75 Å². The zero-order chi connectivity index (χ0) is 17.0. The number of carbonyl (C=O) groups is 1. The zero-order valence-electron chi connectivity index (χ0n) is 12.7. The van der Waals surface area contributed by atoms with Crippen LogP contribution in [0.3, 0.4) is 0 Å². The van der Waals surface area contributed by atoms with Crippen LogP contribution in [-0.4, -0.2) is 13.0 Å². The van der Waals surface area contributed by atoms with Crippen molar-refractivity contribution in [2.75, 3.05) is 12.4 Å². The molecule has 0 bridgehead atoms. The van der Waals surface area contributed by atoms with Crippen LogP contribution in [-0.2, 0) is 17.4 Å². The highest BCUT2D eigenvalue weighted by Crippen LogP contribution is 2.30. The minimum absolute atomic E-state index is 0.0753. The average molecular weight is 323 g/mol. The number of hydrogen-bond acceptors (Lipinski definition) is 2. The van der Waals surface area contributed by atoms with E-state index in [1.54, 1.807) is 6.07 Å². The molecule has 0 heterocycles. The Labute approximate surface area is 132 Å². The predicted molar refractivity (Wildman–Crippen MR) is 81.5 cm³/mol. The lowest BCUT2D eigenvalue weighted by atomic mass is 10.1. The first-order valence-corrected chi connectivity index (χ1v) is 6.90. The summed E-state index contributed by atoms with van der Waals surface area (Å²) in [5.41, 5.74) is 1.27. The summed E-state index contributed by atoms with van der Waals surface area (Å²) in [6.45, 7) is 1.90. The van der Waals surface area contributed by atoms with Crippen LogP contribution in [0, 0.1) is 6.92 Å². The lowest BCUT2D eigenvalue weighted by Gasteiger charge is -2.11. The molecule has 2 rings (SSSR count). The third-order valence-corrected chi connectivity index (χ3v) is 3.28. The van der Waals surface area contributed by atoms with E-state index >= 15 is 0 Å². The summed E-state index contributed by atoms with van der Waals surface area (Å²) in [5, 5.41) is 2.58. The molecule has 0 aliphatic rings. The molecule has 1 N–H and O–H groups in total. The number of hydrogen-bond donors (Lipinski definition) is 1. The van der Waals surface area contributed by atoms with Crippen molar-refractivity contribution in [2.45, 2.75) is 19.5 Å². The van der Waals surface area contributed by atoms with Crippen molar-refractivity contribution in [3.63, 3.8) is 0 Å². The summed E-state index contributed by atoms with van der Waals surface area (Å²) >= 11 is 0. The van der Waals surface area contributed by atoms with E-state index in [0.29, 0.717) is 11.4 Å². The molecular formula is C17H16F3NO2. The molecule has 23 heavy (non-hydrogen) atoms. The fourth-order valence-electron chi connectivity index (χ4n) is 2.17. The minimum Gasteiger partial charge on any atom is -0.496 e. The van der Waals surface area contributed by atoms with Gasteiger partial charge in [0, 0.05) is 11.3 Å². The van der Waals surface area contributed by atoms with Gasteiger partial charge in [-0.15, -0.1) is 0 Å². The number of ether oxygens (including phenoxy) is 1. The molecule has 0 unspecified atom stereocenters. The summed E-state index contributed by atoms with van der Waals surface area (Å²) in [4.78, 5) is 12.1. The van der Waals surface area contributed by atoms with Crippen molar-refractivity contribution in [2.24, 2.45) is 0 Å². The van der Waals surface area contributed by atoms with E-state index < -0.39 is 11.7 Å². The maximum Gasteiger partial charge on any atom is 0.416 e. The molecule has 6 heteroatoms. The summed E-state index contributed by atoms with van der Waals surface area (Å²) < 4.78 is 42.7. The summed E-state index contributed by atoms with van der Waals surface area (Å²) in [6, 6.07) is 9.81. The number of methoxy groups -OCH3 is 1. The SMILES string of the molecule is COc1ccc(C)cc1CC(=O)Nc1ccc(C(F)(F)F)cc1. The van der Waals surface area contributed by atoms with E-state index in [1.807, 2.05) is 19.1 Å². The van der Waals surface area contributed by atoms with Gasteiger partial charge in [0.1, 0.15) is 5.75 Å². The van der Waals surface area contributed by atoms with Crippen LogP contribution in [0.15, 0.2) is 42.5 Å². The van der Waals surface area contributed by atoms with Crippen LogP contribution < -0.4 is 10.1 Å². The van der Waals surface area contributed by atoms with Crippen molar-refractivity contribution in [3.05, 3.63) is 59.2 Å². The van der Waals surface area contributed by atoms with Crippen molar-refractivity contribution < 1.29 is 22.7 Å². The van der Waals surface area contributed by atoms with E-state index in [9.17, 15) is 18.0 Å². The first-order valence-electron chi connectivity index (χ1n) is 6.90. The van der Waals surface area contributed by atoms with Crippen LogP contribution in [0.4, 0.5) is 18.9 Å². The van der Waals surface area contributed by atoms with Crippen molar-refractivity contribution in [1.29, 1.82) is 0 Å². The van der Waals surface area contributed by atoms with Gasteiger partial charge in [0.15, 0.2) is 0 Å². The fraction of sp³-hybridized carbons (Fsp3) is 0.235. The largest absolute Gasteiger partial charge is 0.496 e. The van der Waals surface area contributed by atoms with Gasteiger partial charge in [-0.3, -0.25) is 4.79 Å². The molecule has 122 valence electrons. The van der Waals surface area contributed by atoms with E-state index in [2.05, 4.69) is 5.32 Å². The highest BCUT2D eigenvalue weighted by molar-refractivity contribution is 5.92. The number of halogens is 3. The van der Waals surface area contributed by atoms with Crippen LogP contribution in [0.1, 0.15) is 16.7 Å². The topological polar surface area (TPSA) is 38.3 Å². The summed E-state index contributed by atoms with van der Waals surface area (Å²) in [6.07, 6.45) is -4.32. The summed E-state index contributed by atoms with van der Waals surface area (Å²) in [5.74, 6) is 0.270. The Kier molecular flexibility index (Phi) is 4.93. The Morgan fingerprint density at radius 3 is 2.35 bits per heavy atom. The molecule has 0 saturated heterocycles. The lowest BCUT2D eigenvalue weighted by Crippen LogP contribution is -2.15. The molecule has 1 amide bonds. The van der Waals surface area contributed by atoms with Gasteiger partial charge >= 0.3 is 6.18 Å². The third kappa shape index (κ3) is 4.48. The predicted octanol–water partition coefficient (Wildman–Crippen LogP) is 4.20. The van der Waals surface area contributed by atoms with Gasteiger partial charge in [-0.1, -0.05) is 17.7 Å². The molecule has 0 radical (unpaired) electrons. The fourth-order valence-corrected chi connectivity index (χ4v) is 2.17. The average Bonchev–Trinajstić information content (AvgIpc) is 2.47. The van der Waals surface area contributed by atoms with E-state index in [1.165, 1.54) is 19.2 Å². The number of amides is 1. The Morgan fingerprint density at radius 2 is 1.78 bits per heavy atom. The molecule has 0 fully saturated rings. The molecule has 3 nitrogen and oxygen atoms in total. The highest BCUT2D eigenvalue weighted by Gasteiger charge is 2.29. The van der Waals surface area contributed by atoms with Gasteiger partial charge in [0.05, 0.1) is 19.1 Å². The maximum atomic E-state index is 12.5. The summed E-state index contributed by atoms with van der Waals surface area (Å²) in [7, 11) is 1.52. The number of benzene rings is 2. The molecular weight excluding hydrogens is 307 g/mol. The van der Waals surface area contributed by atoms with E-state index in [0.717, 1.165) is 23.3 Å². The minimum atomic E-state index is -4.39. The highest BCUT2D eigenvalue weighted by atomic mass is 19.4. The Bertz CT molecular complexity index is 694. The number of rotatable bonds is 4. The van der Waals surface area contributed by atoms with Crippen molar-refractivity contribution in [3.8, 4) is 5.75 Å². The van der Waals surface area contributed by atoms with E-state index in [-0.39, 0.29) is 12.3 Å². The Morgan fingerprint density at radius 1 is 1.13 bits per heavy atom. The first-order chi connectivity index (χ1) is 10.8. The Hall–Kier alpha value is -2.50. The number of aryl methyl sites for hydroxylation is 1. The first kappa shape index (κ1) is 16.9. The number of anilines is 1. The zero-order valence-corrected chi connectivity index (χ0v) is 12.7. The smallest absolute Gasteiger partial charge is 0.416 e. The van der Waals surface area contributed by atoms with Gasteiger partial charge in [-0.05, 0) is 37.3 Å². The molecule has 0 aliphatic carbocycles. The molecule has 2 aromatic carbocycles. The monoisotopic (exact) mass is 323 g/mol. The third-order valence-electron chi connectivity index (χ3n) is 3.28. The second-order valence-corrected chi connectivity index (χ2v) is 5.12. The van der Waals surface area contributed by atoms with Gasteiger partial charge in [0.25, 0.3) is 0 Å². The Balaban J connectivity index is 2.07. The molecule has 0 atom stereocenters. The van der Waals surface area contributed by atoms with Gasteiger partial charge < -0.3 is 10.1 Å². The van der Waals surface area contributed by atoms with E-state index in [4.69, 9.17) is 4.74 Å². The normalized spacial score (nSPS) is 11.2. The lowest BCUT2D eigenvalue weighted by molar-refractivity contribution is -0.137. The van der Waals surface area contributed by atoms with Gasteiger partial charge in [-0.2, -0.15) is 13.2 Å². The van der Waals surface area contributed by atoms with Crippen LogP contribution in [0.2, 0.25) is 0 Å². The maximum absolute atomic E-state index is 12.5. The molecule has 2 aromatic rings. The molecule has 0 saturated carbocycles. The number of carbonyl (C=O) groups excluding carboxylic acids is 1. The molecule has 0 aromatic heterocycles. The standard InChI is InChI=1S/C17H16F3NO2/c1-11-3-8-15(23-2)12(9-11)10-16(22)21-14-6-4-13(5-7-14)17(18,19)20/h3-9H,10H2,1-2H3,(H,21,22). The molecule has 0 spiro atoms. The molecule has 0 aliphatic heterocycles. The number of nitrogens with one attached hydrogen (secondary N) is 1. The number of alkyl halides is 3. The second-order valence-electron chi connectivity index (χ2n) is 5.12. The van der Waals surface area contributed by atoms with Crippen LogP contribution >= 0.6 is 0 Å². The van der Waals surface area contributed by atoms with Crippen LogP contribution in [0.25, 0.3) is 0 Å².